The number of nitrogens with zero attached hydrogens (tertiary/aromatic N) is 3. The van der Waals surface area contributed by atoms with Gasteiger partial charge in [0.1, 0.15) is 4.83 Å². The minimum Gasteiger partial charge on any atom is -0.361 e. The van der Waals surface area contributed by atoms with Crippen molar-refractivity contribution in [1.82, 2.24) is 9.97 Å². The zero-order chi connectivity index (χ0) is 16.1. The summed E-state index contributed by atoms with van der Waals surface area (Å²) >= 11 is 1.38. The van der Waals surface area contributed by atoms with E-state index in [9.17, 15) is 4.79 Å². The van der Waals surface area contributed by atoms with Crippen molar-refractivity contribution in [2.45, 2.75) is 12.8 Å². The fourth-order valence-electron chi connectivity index (χ4n) is 2.21. The van der Waals surface area contributed by atoms with Crippen molar-refractivity contribution in [3.05, 3.63) is 64.1 Å². The van der Waals surface area contributed by atoms with Crippen LogP contribution in [0.5, 0.6) is 0 Å². The van der Waals surface area contributed by atoms with Gasteiger partial charge in [0.25, 0.3) is 5.56 Å². The van der Waals surface area contributed by atoms with Gasteiger partial charge in [0.05, 0.1) is 17.0 Å². The summed E-state index contributed by atoms with van der Waals surface area (Å²) in [5.74, 6) is 0. The molecule has 2 aromatic heterocycles. The first-order valence-electron chi connectivity index (χ1n) is 7.25. The Hall–Kier alpha value is -2.78. The number of nitriles is 1. The van der Waals surface area contributed by atoms with Crippen LogP contribution in [-0.4, -0.2) is 16.5 Å². The quantitative estimate of drug-likeness (QED) is 0.731. The summed E-state index contributed by atoms with van der Waals surface area (Å²) in [5, 5.41) is 13.1. The molecule has 0 amide bonds. The van der Waals surface area contributed by atoms with Crippen LogP contribution < -0.4 is 10.9 Å². The van der Waals surface area contributed by atoms with Gasteiger partial charge in [-0.2, -0.15) is 10.2 Å². The van der Waals surface area contributed by atoms with Crippen LogP contribution >= 0.6 is 11.3 Å². The number of fused-ring (bicyclic) bond motifs is 1. The van der Waals surface area contributed by atoms with Crippen LogP contribution in [0.25, 0.3) is 10.2 Å². The molecule has 3 rings (SSSR count). The lowest BCUT2D eigenvalue weighted by atomic mass is 10.1. The molecular formula is C17H14N4OS. The van der Waals surface area contributed by atoms with Crippen molar-refractivity contribution in [3.8, 4) is 6.07 Å². The molecule has 0 saturated carbocycles. The smallest absolute Gasteiger partial charge is 0.282 e. The summed E-state index contributed by atoms with van der Waals surface area (Å²) in [6, 6.07) is 13.2. The fraction of sp³-hybridized carbons (Fsp3) is 0.176. The standard InChI is InChI=1S/C17H14N4OS/c18-11-13-7-5-12(6-8-13)3-1-10-20-17-21-15(22)14-4-2-9-19-16(14)23-17/h2,4-9H,1,3,10H2,(H,20,21,22). The number of nitrogens with one attached hydrogen (secondary N) is 1. The minimum absolute atomic E-state index is 0.249. The summed E-state index contributed by atoms with van der Waals surface area (Å²) in [6.07, 6.45) is 3.49. The molecule has 23 heavy (non-hydrogen) atoms. The number of hydrogen-bond donors (Lipinski definition) is 1. The van der Waals surface area contributed by atoms with Gasteiger partial charge in [-0.15, -0.1) is 0 Å². The molecule has 0 fully saturated rings. The maximum atomic E-state index is 11.9. The Labute approximate surface area is 137 Å². The monoisotopic (exact) mass is 322 g/mol. The third kappa shape index (κ3) is 3.71. The van der Waals surface area contributed by atoms with Crippen molar-refractivity contribution >= 4 is 26.7 Å². The molecule has 0 aliphatic carbocycles. The van der Waals surface area contributed by atoms with E-state index in [2.05, 4.69) is 21.4 Å². The van der Waals surface area contributed by atoms with E-state index in [1.807, 2.05) is 24.3 Å². The summed E-state index contributed by atoms with van der Waals surface area (Å²) in [5.41, 5.74) is 1.61. The predicted octanol–water partition coefficient (Wildman–Crippen LogP) is 2.97. The SMILES string of the molecule is N#Cc1ccc(CCCNc2nc(=O)c3cccnc3s2)cc1. The molecule has 0 aliphatic rings. The van der Waals surface area contributed by atoms with Crippen LogP contribution in [0.4, 0.5) is 5.13 Å². The first kappa shape index (κ1) is 15.1. The second-order valence-electron chi connectivity index (χ2n) is 5.02. The maximum Gasteiger partial charge on any atom is 0.282 e. The highest BCUT2D eigenvalue weighted by atomic mass is 32.1. The Bertz CT molecular complexity index is 912. The normalized spacial score (nSPS) is 10.4. The van der Waals surface area contributed by atoms with E-state index in [4.69, 9.17) is 5.26 Å². The molecule has 1 N–H and O–H groups in total. The van der Waals surface area contributed by atoms with Gasteiger partial charge in [-0.1, -0.05) is 23.5 Å². The zero-order valence-corrected chi connectivity index (χ0v) is 13.1. The third-order valence-electron chi connectivity index (χ3n) is 3.40. The van der Waals surface area contributed by atoms with Gasteiger partial charge >= 0.3 is 0 Å². The Morgan fingerprint density at radius 2 is 2.04 bits per heavy atom. The van der Waals surface area contributed by atoms with Crippen LogP contribution in [0.15, 0.2) is 47.4 Å². The molecule has 0 saturated heterocycles. The molecule has 2 heterocycles. The van der Waals surface area contributed by atoms with Crippen molar-refractivity contribution < 1.29 is 0 Å². The lowest BCUT2D eigenvalue weighted by Crippen LogP contribution is -2.11. The van der Waals surface area contributed by atoms with Gasteiger partial charge in [-0.3, -0.25) is 4.79 Å². The summed E-state index contributed by atoms with van der Waals surface area (Å²) in [4.78, 5) is 20.9. The Kier molecular flexibility index (Phi) is 4.60. The lowest BCUT2D eigenvalue weighted by Gasteiger charge is -2.05. The van der Waals surface area contributed by atoms with Gasteiger partial charge < -0.3 is 5.32 Å². The highest BCUT2D eigenvalue weighted by molar-refractivity contribution is 7.21. The van der Waals surface area contributed by atoms with Crippen LogP contribution in [0.3, 0.4) is 0 Å². The molecule has 1 aromatic carbocycles. The van der Waals surface area contributed by atoms with Crippen molar-refractivity contribution in [2.75, 3.05) is 11.9 Å². The molecule has 0 spiro atoms. The first-order chi connectivity index (χ1) is 11.3. The number of anilines is 1. The highest BCUT2D eigenvalue weighted by Gasteiger charge is 2.04. The summed E-state index contributed by atoms with van der Waals surface area (Å²) in [7, 11) is 0. The van der Waals surface area contributed by atoms with E-state index < -0.39 is 0 Å². The highest BCUT2D eigenvalue weighted by Crippen LogP contribution is 2.18. The van der Waals surface area contributed by atoms with E-state index >= 15 is 0 Å². The maximum absolute atomic E-state index is 11.9. The average Bonchev–Trinajstić information content (AvgIpc) is 2.59. The van der Waals surface area contributed by atoms with Gasteiger partial charge in [0, 0.05) is 12.7 Å². The second kappa shape index (κ2) is 6.99. The molecule has 0 radical (unpaired) electrons. The minimum atomic E-state index is -0.249. The zero-order valence-electron chi connectivity index (χ0n) is 12.3. The molecule has 114 valence electrons. The molecule has 3 aromatic rings. The van der Waals surface area contributed by atoms with E-state index in [1.54, 1.807) is 18.3 Å². The van der Waals surface area contributed by atoms with Crippen LogP contribution in [0.1, 0.15) is 17.5 Å². The predicted molar refractivity (Wildman–Crippen MR) is 91.7 cm³/mol. The largest absolute Gasteiger partial charge is 0.361 e. The van der Waals surface area contributed by atoms with E-state index in [0.717, 1.165) is 19.4 Å². The van der Waals surface area contributed by atoms with Gasteiger partial charge in [0.15, 0.2) is 5.13 Å². The number of aromatic nitrogens is 2. The van der Waals surface area contributed by atoms with E-state index in [-0.39, 0.29) is 5.56 Å². The second-order valence-corrected chi connectivity index (χ2v) is 6.00. The van der Waals surface area contributed by atoms with E-state index in [0.29, 0.717) is 20.9 Å². The molecule has 0 bridgehead atoms. The molecule has 5 nitrogen and oxygen atoms in total. The van der Waals surface area contributed by atoms with Crippen molar-refractivity contribution in [3.63, 3.8) is 0 Å². The van der Waals surface area contributed by atoms with Gasteiger partial charge in [-0.25, -0.2) is 4.98 Å². The van der Waals surface area contributed by atoms with Crippen molar-refractivity contribution in [2.24, 2.45) is 0 Å². The van der Waals surface area contributed by atoms with Crippen LogP contribution in [0, 0.1) is 11.3 Å². The Morgan fingerprint density at radius 1 is 1.22 bits per heavy atom. The summed E-state index contributed by atoms with van der Waals surface area (Å²) in [6.45, 7) is 0.723. The van der Waals surface area contributed by atoms with Crippen LogP contribution in [-0.2, 0) is 6.42 Å². The number of benzene rings is 1. The number of aryl methyl sites for hydroxylation is 1. The Morgan fingerprint density at radius 3 is 2.83 bits per heavy atom. The number of rotatable bonds is 5. The lowest BCUT2D eigenvalue weighted by molar-refractivity contribution is 0.861. The molecular weight excluding hydrogens is 308 g/mol. The van der Waals surface area contributed by atoms with Crippen LogP contribution in [0.2, 0.25) is 0 Å². The Balaban J connectivity index is 1.58. The fourth-order valence-corrected chi connectivity index (χ4v) is 3.08. The summed E-state index contributed by atoms with van der Waals surface area (Å²) < 4.78 is 0. The molecule has 6 heteroatoms. The third-order valence-corrected chi connectivity index (χ3v) is 4.35. The number of pyridine rings is 1. The molecule has 0 unspecified atom stereocenters. The number of hydrogen-bond acceptors (Lipinski definition) is 6. The first-order valence-corrected chi connectivity index (χ1v) is 8.07. The van der Waals surface area contributed by atoms with E-state index in [1.165, 1.54) is 16.9 Å². The topological polar surface area (TPSA) is 78.7 Å². The molecule has 0 aliphatic heterocycles. The van der Waals surface area contributed by atoms with Gasteiger partial charge in [0.2, 0.25) is 0 Å². The van der Waals surface area contributed by atoms with Crippen molar-refractivity contribution in [1.29, 1.82) is 5.26 Å². The van der Waals surface area contributed by atoms with Gasteiger partial charge in [-0.05, 0) is 42.7 Å². The molecule has 0 atom stereocenters. The average molecular weight is 322 g/mol.